The van der Waals surface area contributed by atoms with E-state index in [2.05, 4.69) is 22.0 Å². The maximum Gasteiger partial charge on any atom is 0.269 e. The summed E-state index contributed by atoms with van der Waals surface area (Å²) in [5.74, 6) is -0.581. The van der Waals surface area contributed by atoms with Gasteiger partial charge >= 0.3 is 0 Å². The van der Waals surface area contributed by atoms with E-state index in [0.717, 1.165) is 0 Å². The fourth-order valence-corrected chi connectivity index (χ4v) is 3.15. The van der Waals surface area contributed by atoms with Gasteiger partial charge in [0, 0.05) is 24.6 Å². The maximum absolute atomic E-state index is 14.4. The van der Waals surface area contributed by atoms with Gasteiger partial charge in [-0.05, 0) is 33.1 Å². The predicted octanol–water partition coefficient (Wildman–Crippen LogP) is 1.65. The van der Waals surface area contributed by atoms with E-state index in [1.807, 2.05) is 6.92 Å². The van der Waals surface area contributed by atoms with Crippen LogP contribution in [0.25, 0.3) is 0 Å². The minimum Gasteiger partial charge on any atom is -0.401 e. The minimum atomic E-state index is -1.16. The lowest BCUT2D eigenvalue weighted by atomic mass is 10.1. The standard InChI is InChI=1S/C20H29F2N7O/c1-5-18-15(21)6-14(9-28(18)8-12(2)23)27-20(30)13(3)26-7-19(25-4)29-10-16(22)17(24)11-29/h6-9,16-18H,4-5,10-11,23-24H2,1-3H3,(H,27,30)/b12-8-,19-7+,26-13?. The van der Waals surface area contributed by atoms with Gasteiger partial charge in [0.05, 0.1) is 30.5 Å². The topological polar surface area (TPSA) is 112 Å². The van der Waals surface area contributed by atoms with Crippen molar-refractivity contribution in [1.29, 1.82) is 0 Å². The molecule has 0 aliphatic carbocycles. The first-order valence-corrected chi connectivity index (χ1v) is 9.63. The molecule has 0 bridgehead atoms. The van der Waals surface area contributed by atoms with Gasteiger partial charge in [-0.25, -0.2) is 13.8 Å². The molecule has 30 heavy (non-hydrogen) atoms. The second-order valence-corrected chi connectivity index (χ2v) is 7.26. The van der Waals surface area contributed by atoms with Gasteiger partial charge in [-0.1, -0.05) is 6.92 Å². The monoisotopic (exact) mass is 421 g/mol. The Morgan fingerprint density at radius 2 is 2.13 bits per heavy atom. The van der Waals surface area contributed by atoms with Crippen LogP contribution in [0.3, 0.4) is 0 Å². The fraction of sp³-hybridized carbons (Fsp3) is 0.450. The van der Waals surface area contributed by atoms with Crippen molar-refractivity contribution in [2.24, 2.45) is 21.5 Å². The zero-order valence-electron chi connectivity index (χ0n) is 17.5. The first kappa shape index (κ1) is 23.3. The third kappa shape index (κ3) is 5.76. The van der Waals surface area contributed by atoms with Crippen LogP contribution < -0.4 is 16.8 Å². The van der Waals surface area contributed by atoms with Crippen molar-refractivity contribution in [3.8, 4) is 0 Å². The Morgan fingerprint density at radius 3 is 2.67 bits per heavy atom. The molecular formula is C20H29F2N7O. The number of aliphatic imine (C=N–C) groups is 2. The third-order valence-corrected chi connectivity index (χ3v) is 4.74. The molecule has 1 saturated heterocycles. The molecule has 2 aliphatic heterocycles. The molecule has 0 aromatic carbocycles. The van der Waals surface area contributed by atoms with E-state index >= 15 is 0 Å². The van der Waals surface area contributed by atoms with E-state index in [9.17, 15) is 13.6 Å². The first-order valence-electron chi connectivity index (χ1n) is 9.63. The molecule has 2 heterocycles. The Kier molecular flexibility index (Phi) is 7.87. The molecule has 0 saturated carbocycles. The van der Waals surface area contributed by atoms with Gasteiger partial charge in [0.25, 0.3) is 5.91 Å². The molecule has 5 N–H and O–H groups in total. The molecule has 10 heteroatoms. The molecular weight excluding hydrogens is 392 g/mol. The van der Waals surface area contributed by atoms with E-state index in [1.165, 1.54) is 19.2 Å². The molecule has 8 nitrogen and oxygen atoms in total. The number of allylic oxidation sites excluding steroid dienone is 2. The zero-order chi connectivity index (χ0) is 22.4. The number of carbonyl (C=O) groups is 1. The van der Waals surface area contributed by atoms with Crippen molar-refractivity contribution in [2.75, 3.05) is 13.1 Å². The number of hydrogen-bond acceptors (Lipinski definition) is 7. The van der Waals surface area contributed by atoms with Gasteiger partial charge in [0.15, 0.2) is 0 Å². The Balaban J connectivity index is 2.13. The quantitative estimate of drug-likeness (QED) is 0.541. The Bertz CT molecular complexity index is 817. The molecule has 1 fully saturated rings. The van der Waals surface area contributed by atoms with Gasteiger partial charge in [-0.2, -0.15) is 0 Å². The van der Waals surface area contributed by atoms with Crippen LogP contribution in [0.5, 0.6) is 0 Å². The Hall–Kier alpha value is -3.01. The summed E-state index contributed by atoms with van der Waals surface area (Å²) in [6, 6.07) is -1.08. The maximum atomic E-state index is 14.4. The summed E-state index contributed by atoms with van der Waals surface area (Å²) in [6.07, 6.45) is 5.19. The highest BCUT2D eigenvalue weighted by Gasteiger charge is 2.31. The number of rotatable bonds is 7. The number of amides is 1. The third-order valence-electron chi connectivity index (χ3n) is 4.74. The largest absolute Gasteiger partial charge is 0.401 e. The van der Waals surface area contributed by atoms with Gasteiger partial charge < -0.3 is 26.6 Å². The molecule has 0 radical (unpaired) electrons. The fourth-order valence-electron chi connectivity index (χ4n) is 3.15. The predicted molar refractivity (Wildman–Crippen MR) is 114 cm³/mol. The average Bonchev–Trinajstić information content (AvgIpc) is 2.99. The lowest BCUT2D eigenvalue weighted by Gasteiger charge is -2.30. The number of carbonyl (C=O) groups excluding carboxylic acids is 1. The minimum absolute atomic E-state index is 0.0895. The molecule has 0 aromatic rings. The van der Waals surface area contributed by atoms with Gasteiger partial charge in [0.1, 0.15) is 23.5 Å². The second kappa shape index (κ2) is 10.1. The molecule has 0 spiro atoms. The van der Waals surface area contributed by atoms with Gasteiger partial charge in [0.2, 0.25) is 0 Å². The van der Waals surface area contributed by atoms with Crippen molar-refractivity contribution < 1.29 is 13.6 Å². The van der Waals surface area contributed by atoms with Crippen molar-refractivity contribution in [3.05, 3.63) is 47.7 Å². The number of likely N-dealkylation sites (tertiary alicyclic amines) is 1. The van der Waals surface area contributed by atoms with E-state index in [0.29, 0.717) is 17.9 Å². The van der Waals surface area contributed by atoms with Crippen LogP contribution in [-0.2, 0) is 4.79 Å². The van der Waals surface area contributed by atoms with E-state index in [-0.39, 0.29) is 30.3 Å². The number of hydrogen-bond donors (Lipinski definition) is 3. The normalized spacial score (nSPS) is 25.8. The molecule has 2 aliphatic rings. The van der Waals surface area contributed by atoms with E-state index < -0.39 is 24.2 Å². The smallest absolute Gasteiger partial charge is 0.269 e. The molecule has 164 valence electrons. The van der Waals surface area contributed by atoms with Crippen LogP contribution in [0.15, 0.2) is 57.7 Å². The molecule has 1 amide bonds. The lowest BCUT2D eigenvalue weighted by molar-refractivity contribution is -0.114. The van der Waals surface area contributed by atoms with Crippen LogP contribution in [0.4, 0.5) is 8.78 Å². The molecule has 2 rings (SSSR count). The van der Waals surface area contributed by atoms with Crippen molar-refractivity contribution >= 4 is 18.3 Å². The molecule has 0 aromatic heterocycles. The van der Waals surface area contributed by atoms with Crippen molar-refractivity contribution in [3.63, 3.8) is 0 Å². The number of halogens is 2. The van der Waals surface area contributed by atoms with Crippen molar-refractivity contribution in [2.45, 2.75) is 45.4 Å². The average molecular weight is 421 g/mol. The Labute approximate surface area is 175 Å². The molecule has 3 unspecified atom stereocenters. The summed E-state index contributed by atoms with van der Waals surface area (Å²) in [5, 5.41) is 2.62. The summed E-state index contributed by atoms with van der Waals surface area (Å²) in [7, 11) is 0. The highest BCUT2D eigenvalue weighted by atomic mass is 19.1. The number of nitrogens with one attached hydrogen (secondary N) is 1. The van der Waals surface area contributed by atoms with Crippen LogP contribution in [0.1, 0.15) is 27.2 Å². The summed E-state index contributed by atoms with van der Waals surface area (Å²) >= 11 is 0. The highest BCUT2D eigenvalue weighted by molar-refractivity contribution is 6.38. The first-order chi connectivity index (χ1) is 14.2. The number of nitrogens with two attached hydrogens (primary N) is 2. The van der Waals surface area contributed by atoms with Gasteiger partial charge in [-0.15, -0.1) is 0 Å². The second-order valence-electron chi connectivity index (χ2n) is 7.26. The van der Waals surface area contributed by atoms with Crippen LogP contribution in [0, 0.1) is 0 Å². The SMILES string of the molecule is C=N/C(=C\N=C(C)C(=O)NC1=CN(/C=C(/C)N)C(CC)C(F)=C1)N1CC(N)C(F)C1. The van der Waals surface area contributed by atoms with Crippen molar-refractivity contribution in [1.82, 2.24) is 15.1 Å². The number of alkyl halides is 1. The van der Waals surface area contributed by atoms with E-state index in [4.69, 9.17) is 11.5 Å². The summed E-state index contributed by atoms with van der Waals surface area (Å²) in [5.41, 5.74) is 12.3. The zero-order valence-corrected chi connectivity index (χ0v) is 17.5. The molecule has 3 atom stereocenters. The van der Waals surface area contributed by atoms with E-state index in [1.54, 1.807) is 29.1 Å². The summed E-state index contributed by atoms with van der Waals surface area (Å²) in [6.45, 7) is 8.88. The number of nitrogens with zero attached hydrogens (tertiary/aromatic N) is 4. The highest BCUT2D eigenvalue weighted by Crippen LogP contribution is 2.24. The summed E-state index contributed by atoms with van der Waals surface area (Å²) < 4.78 is 28.1. The lowest BCUT2D eigenvalue weighted by Crippen LogP contribution is -2.35. The summed E-state index contributed by atoms with van der Waals surface area (Å²) in [4.78, 5) is 23.6. The van der Waals surface area contributed by atoms with Gasteiger partial charge in [-0.3, -0.25) is 9.79 Å². The Morgan fingerprint density at radius 1 is 1.43 bits per heavy atom. The van der Waals surface area contributed by atoms with Crippen LogP contribution >= 0.6 is 0 Å². The van der Waals surface area contributed by atoms with Crippen LogP contribution in [-0.4, -0.2) is 59.5 Å². The van der Waals surface area contributed by atoms with Crippen LogP contribution in [0.2, 0.25) is 0 Å².